The van der Waals surface area contributed by atoms with Crippen LogP contribution in [0.3, 0.4) is 0 Å². The number of hydrogen-bond acceptors (Lipinski definition) is 4. The number of amides is 1. The summed E-state index contributed by atoms with van der Waals surface area (Å²) in [5, 5.41) is 12.7. The highest BCUT2D eigenvalue weighted by molar-refractivity contribution is 7.99. The third-order valence-electron chi connectivity index (χ3n) is 3.51. The molecular weight excluding hydrogens is 272 g/mol. The van der Waals surface area contributed by atoms with Crippen LogP contribution >= 0.6 is 11.8 Å². The molecule has 1 aromatic carbocycles. The van der Waals surface area contributed by atoms with Gasteiger partial charge in [-0.3, -0.25) is 4.79 Å². The van der Waals surface area contributed by atoms with Crippen LogP contribution in [0, 0.1) is 0 Å². The van der Waals surface area contributed by atoms with Crippen LogP contribution in [0.1, 0.15) is 24.8 Å². The van der Waals surface area contributed by atoms with Crippen molar-refractivity contribution in [1.29, 1.82) is 0 Å². The first-order valence-corrected chi connectivity index (χ1v) is 8.13. The normalized spacial score (nSPS) is 20.4. The molecule has 1 heterocycles. The molecular formula is C15H22N2O2S. The number of rotatable bonds is 5. The van der Waals surface area contributed by atoms with Crippen LogP contribution in [0.5, 0.6) is 5.75 Å². The molecule has 2 atom stereocenters. The summed E-state index contributed by atoms with van der Waals surface area (Å²) in [7, 11) is 0. The zero-order valence-electron chi connectivity index (χ0n) is 11.5. The van der Waals surface area contributed by atoms with Crippen LogP contribution in [0.15, 0.2) is 24.3 Å². The second-order valence-electron chi connectivity index (χ2n) is 5.21. The zero-order chi connectivity index (χ0) is 14.4. The summed E-state index contributed by atoms with van der Waals surface area (Å²) in [5.41, 5.74) is 6.88. The maximum atomic E-state index is 12.0. The molecule has 0 saturated carbocycles. The minimum Gasteiger partial charge on any atom is -0.508 e. The Morgan fingerprint density at radius 1 is 1.40 bits per heavy atom. The number of carbonyl (C=O) groups is 1. The summed E-state index contributed by atoms with van der Waals surface area (Å²) < 4.78 is 0. The van der Waals surface area contributed by atoms with E-state index >= 15 is 0 Å². The lowest BCUT2D eigenvalue weighted by molar-refractivity contribution is -0.122. The number of benzene rings is 1. The van der Waals surface area contributed by atoms with Crippen LogP contribution in [-0.4, -0.2) is 34.6 Å². The van der Waals surface area contributed by atoms with E-state index in [1.54, 1.807) is 24.3 Å². The van der Waals surface area contributed by atoms with Gasteiger partial charge in [-0.2, -0.15) is 11.8 Å². The van der Waals surface area contributed by atoms with E-state index in [9.17, 15) is 9.90 Å². The Hall–Kier alpha value is -1.20. The summed E-state index contributed by atoms with van der Waals surface area (Å²) in [6.45, 7) is 0.715. The second-order valence-corrected chi connectivity index (χ2v) is 6.62. The Kier molecular flexibility index (Phi) is 5.73. The molecule has 4 nitrogen and oxygen atoms in total. The zero-order valence-corrected chi connectivity index (χ0v) is 12.4. The van der Waals surface area contributed by atoms with Gasteiger partial charge in [0, 0.05) is 11.8 Å². The van der Waals surface area contributed by atoms with Gasteiger partial charge in [0.15, 0.2) is 0 Å². The number of aromatic hydroxyl groups is 1. The Labute approximate surface area is 124 Å². The monoisotopic (exact) mass is 294 g/mol. The van der Waals surface area contributed by atoms with Crippen molar-refractivity contribution < 1.29 is 9.90 Å². The average Bonchev–Trinajstić information content (AvgIpc) is 2.48. The molecule has 0 aromatic heterocycles. The van der Waals surface area contributed by atoms with Gasteiger partial charge in [0.25, 0.3) is 0 Å². The lowest BCUT2D eigenvalue weighted by Gasteiger charge is -2.22. The van der Waals surface area contributed by atoms with Gasteiger partial charge in [0.05, 0.1) is 6.04 Å². The number of phenolic OH excluding ortho intramolecular Hbond substituents is 1. The highest BCUT2D eigenvalue weighted by Crippen LogP contribution is 2.24. The fraction of sp³-hybridized carbons (Fsp3) is 0.533. The van der Waals surface area contributed by atoms with Crippen LogP contribution in [0.25, 0.3) is 0 Å². The first-order valence-electron chi connectivity index (χ1n) is 7.08. The van der Waals surface area contributed by atoms with Gasteiger partial charge in [0.2, 0.25) is 5.91 Å². The maximum absolute atomic E-state index is 12.0. The molecule has 0 radical (unpaired) electrons. The van der Waals surface area contributed by atoms with E-state index in [-0.39, 0.29) is 11.7 Å². The predicted octanol–water partition coefficient (Wildman–Crippen LogP) is 1.66. The number of hydrogen-bond donors (Lipinski definition) is 3. The molecule has 0 spiro atoms. The van der Waals surface area contributed by atoms with Crippen molar-refractivity contribution in [2.75, 3.05) is 12.3 Å². The van der Waals surface area contributed by atoms with E-state index in [0.717, 1.165) is 5.56 Å². The molecule has 1 amide bonds. The standard InChI is InChI=1S/C15H22N2O2S/c16-14(9-11-4-6-12(18)7-5-11)15(19)17-10-13-3-1-2-8-20-13/h4-7,13-14,18H,1-3,8-10,16H2,(H,17,19)/t13?,14-/m0/s1. The van der Waals surface area contributed by atoms with Gasteiger partial charge in [-0.1, -0.05) is 18.6 Å². The van der Waals surface area contributed by atoms with Crippen LogP contribution in [-0.2, 0) is 11.2 Å². The average molecular weight is 294 g/mol. The van der Waals surface area contributed by atoms with Crippen molar-refractivity contribution in [3.05, 3.63) is 29.8 Å². The lowest BCUT2D eigenvalue weighted by Crippen LogP contribution is -2.44. The van der Waals surface area contributed by atoms with E-state index in [1.807, 2.05) is 11.8 Å². The van der Waals surface area contributed by atoms with Gasteiger partial charge in [0.1, 0.15) is 5.75 Å². The van der Waals surface area contributed by atoms with E-state index in [1.165, 1.54) is 25.0 Å². The van der Waals surface area contributed by atoms with Crippen molar-refractivity contribution in [3.63, 3.8) is 0 Å². The second kappa shape index (κ2) is 7.55. The fourth-order valence-corrected chi connectivity index (χ4v) is 3.53. The molecule has 1 aromatic rings. The molecule has 1 saturated heterocycles. The number of phenols is 1. The summed E-state index contributed by atoms with van der Waals surface area (Å²) in [4.78, 5) is 12.0. The largest absolute Gasteiger partial charge is 0.508 e. The van der Waals surface area contributed by atoms with Gasteiger partial charge >= 0.3 is 0 Å². The molecule has 110 valence electrons. The molecule has 20 heavy (non-hydrogen) atoms. The van der Waals surface area contributed by atoms with Gasteiger partial charge in [-0.05, 0) is 42.7 Å². The molecule has 4 N–H and O–H groups in total. The topological polar surface area (TPSA) is 75.3 Å². The number of carbonyl (C=O) groups excluding carboxylic acids is 1. The predicted molar refractivity (Wildman–Crippen MR) is 82.9 cm³/mol. The van der Waals surface area contributed by atoms with Crippen molar-refractivity contribution in [2.45, 2.75) is 37.0 Å². The van der Waals surface area contributed by atoms with E-state index in [0.29, 0.717) is 18.2 Å². The van der Waals surface area contributed by atoms with Crippen molar-refractivity contribution in [3.8, 4) is 5.75 Å². The minimum atomic E-state index is -0.534. The quantitative estimate of drug-likeness (QED) is 0.772. The molecule has 1 aliphatic rings. The lowest BCUT2D eigenvalue weighted by atomic mass is 10.1. The summed E-state index contributed by atoms with van der Waals surface area (Å²) in [5.74, 6) is 1.32. The van der Waals surface area contributed by atoms with Crippen molar-refractivity contribution >= 4 is 17.7 Å². The summed E-state index contributed by atoms with van der Waals surface area (Å²) in [6.07, 6.45) is 4.21. The highest BCUT2D eigenvalue weighted by Gasteiger charge is 2.18. The fourth-order valence-electron chi connectivity index (χ4n) is 2.29. The third-order valence-corrected chi connectivity index (χ3v) is 4.90. The first-order chi connectivity index (χ1) is 9.65. The Morgan fingerprint density at radius 2 is 2.15 bits per heavy atom. The molecule has 1 fully saturated rings. The Morgan fingerprint density at radius 3 is 2.80 bits per heavy atom. The first kappa shape index (κ1) is 15.2. The summed E-state index contributed by atoms with van der Waals surface area (Å²) >= 11 is 1.94. The van der Waals surface area contributed by atoms with Crippen molar-refractivity contribution in [2.24, 2.45) is 5.73 Å². The number of nitrogens with one attached hydrogen (secondary N) is 1. The van der Waals surface area contributed by atoms with Gasteiger partial charge in [-0.25, -0.2) is 0 Å². The summed E-state index contributed by atoms with van der Waals surface area (Å²) in [6, 6.07) is 6.27. The smallest absolute Gasteiger partial charge is 0.237 e. The number of thioether (sulfide) groups is 1. The molecule has 0 bridgehead atoms. The molecule has 2 rings (SSSR count). The van der Waals surface area contributed by atoms with Crippen molar-refractivity contribution in [1.82, 2.24) is 5.32 Å². The minimum absolute atomic E-state index is 0.0933. The van der Waals surface area contributed by atoms with E-state index in [2.05, 4.69) is 5.32 Å². The van der Waals surface area contributed by atoms with Crippen LogP contribution in [0.2, 0.25) is 0 Å². The molecule has 0 aliphatic carbocycles. The third kappa shape index (κ3) is 4.72. The Balaban J connectivity index is 1.75. The SMILES string of the molecule is N[C@@H](Cc1ccc(O)cc1)C(=O)NCC1CCCCS1. The number of nitrogens with two attached hydrogens (primary N) is 1. The highest BCUT2D eigenvalue weighted by atomic mass is 32.2. The molecule has 1 unspecified atom stereocenters. The Bertz CT molecular complexity index is 430. The molecule has 5 heteroatoms. The van der Waals surface area contributed by atoms with E-state index in [4.69, 9.17) is 5.73 Å². The van der Waals surface area contributed by atoms with Gasteiger partial charge < -0.3 is 16.2 Å². The van der Waals surface area contributed by atoms with Crippen LogP contribution < -0.4 is 11.1 Å². The van der Waals surface area contributed by atoms with Crippen LogP contribution in [0.4, 0.5) is 0 Å². The van der Waals surface area contributed by atoms with Gasteiger partial charge in [-0.15, -0.1) is 0 Å². The molecule has 1 aliphatic heterocycles. The maximum Gasteiger partial charge on any atom is 0.237 e. The van der Waals surface area contributed by atoms with E-state index < -0.39 is 6.04 Å².